The van der Waals surface area contributed by atoms with Crippen LogP contribution in [0.15, 0.2) is 46.8 Å². The smallest absolute Gasteiger partial charge is 0.338 e. The molecule has 0 atom stereocenters. The molecule has 11 nitrogen and oxygen atoms in total. The number of nitrogens with zero attached hydrogens (tertiary/aromatic N) is 7. The third-order valence-corrected chi connectivity index (χ3v) is 9.94. The van der Waals surface area contributed by atoms with Gasteiger partial charge in [-0.25, -0.2) is 23.5 Å². The molecular weight excluding hydrogens is 664 g/mol. The Bertz CT molecular complexity index is 2160. The van der Waals surface area contributed by atoms with Crippen LogP contribution >= 0.6 is 22.9 Å². The first-order valence-corrected chi connectivity index (χ1v) is 16.3. The maximum absolute atomic E-state index is 13.9. The second kappa shape index (κ2) is 13.1. The molecule has 1 saturated heterocycles. The molecule has 6 rings (SSSR count). The molecule has 0 spiro atoms. The number of aryl methyl sites for hydroxylation is 1. The molecule has 1 aliphatic rings. The predicted molar refractivity (Wildman–Crippen MR) is 180 cm³/mol. The van der Waals surface area contributed by atoms with Crippen molar-refractivity contribution in [3.63, 3.8) is 0 Å². The molecule has 5 heterocycles. The van der Waals surface area contributed by atoms with Gasteiger partial charge in [0.2, 0.25) is 0 Å². The number of ether oxygens (including phenoxy) is 1. The standard InChI is InChI=1S/C33H30ClF2N7O4S/c1-18-40-24-16-39-29(41-8-10-42(11-9-41)33(2,3)32(35)36)22(15-37)26(24)30(44)43(18)12-13-47-25-5-4-19(34)14-21(25)20-6-7-38-27-23(31(45)46)17-48-28(20)27/h4-7,14,16-17,32H,8-13H2,1-3H3,(H,45,46). The summed E-state index contributed by atoms with van der Waals surface area (Å²) in [6.07, 6.45) is 0.484. The Hall–Kier alpha value is -4.71. The van der Waals surface area contributed by atoms with Gasteiger partial charge in [0.25, 0.3) is 12.0 Å². The fourth-order valence-corrected chi connectivity index (χ4v) is 7.13. The van der Waals surface area contributed by atoms with Crippen molar-refractivity contribution in [1.82, 2.24) is 24.4 Å². The number of fused-ring (bicyclic) bond motifs is 2. The summed E-state index contributed by atoms with van der Waals surface area (Å²) >= 11 is 7.61. The van der Waals surface area contributed by atoms with E-state index in [0.29, 0.717) is 69.9 Å². The van der Waals surface area contributed by atoms with Crippen LogP contribution in [0.5, 0.6) is 5.75 Å². The molecule has 0 aliphatic carbocycles. The Morgan fingerprint density at radius 3 is 2.62 bits per heavy atom. The lowest BCUT2D eigenvalue weighted by atomic mass is 10.0. The van der Waals surface area contributed by atoms with Gasteiger partial charge in [-0.1, -0.05) is 11.6 Å². The van der Waals surface area contributed by atoms with Crippen LogP contribution in [0, 0.1) is 18.3 Å². The van der Waals surface area contributed by atoms with Crippen LogP contribution in [0.3, 0.4) is 0 Å². The fourth-order valence-electron chi connectivity index (χ4n) is 5.93. The molecule has 15 heteroatoms. The highest BCUT2D eigenvalue weighted by Crippen LogP contribution is 2.39. The van der Waals surface area contributed by atoms with E-state index in [4.69, 9.17) is 16.3 Å². The van der Waals surface area contributed by atoms with Crippen LogP contribution in [0.4, 0.5) is 14.6 Å². The van der Waals surface area contributed by atoms with Crippen molar-refractivity contribution >= 4 is 55.8 Å². The van der Waals surface area contributed by atoms with Gasteiger partial charge in [-0.2, -0.15) is 5.26 Å². The number of thiophene rings is 1. The number of carboxylic acid groups (broad SMARTS) is 1. The maximum Gasteiger partial charge on any atom is 0.338 e. The topological polar surface area (TPSA) is 137 Å². The van der Waals surface area contributed by atoms with Gasteiger partial charge in [0.15, 0.2) is 0 Å². The number of hydrogen-bond acceptors (Lipinski definition) is 10. The number of pyridine rings is 2. The summed E-state index contributed by atoms with van der Waals surface area (Å²) in [5.74, 6) is 0.121. The van der Waals surface area contributed by atoms with Gasteiger partial charge >= 0.3 is 5.97 Å². The van der Waals surface area contributed by atoms with E-state index >= 15 is 0 Å². The fraction of sp³-hybridized carbons (Fsp3) is 0.333. The van der Waals surface area contributed by atoms with E-state index in [1.807, 2.05) is 4.90 Å². The first-order valence-electron chi connectivity index (χ1n) is 15.0. The SMILES string of the molecule is Cc1nc2cnc(N3CCN(C(C)(C)C(F)F)CC3)c(C#N)c2c(=O)n1CCOc1ccc(Cl)cc1-c1ccnc2c(C(=O)O)csc12. The number of rotatable bonds is 9. The number of hydrogen-bond donors (Lipinski definition) is 1. The average Bonchev–Trinajstić information content (AvgIpc) is 3.51. The van der Waals surface area contributed by atoms with Gasteiger partial charge in [-0.3, -0.25) is 19.2 Å². The third-order valence-electron chi connectivity index (χ3n) is 8.70. The number of nitriles is 1. The summed E-state index contributed by atoms with van der Waals surface area (Å²) in [6.45, 7) is 6.28. The molecular formula is C33H30ClF2N7O4S. The predicted octanol–water partition coefficient (Wildman–Crippen LogP) is 5.84. The number of piperazine rings is 1. The minimum absolute atomic E-state index is 0.0588. The molecule has 0 radical (unpaired) electrons. The van der Waals surface area contributed by atoms with Crippen molar-refractivity contribution in [3.05, 3.63) is 74.4 Å². The van der Waals surface area contributed by atoms with Gasteiger partial charge in [0.05, 0.1) is 45.0 Å². The van der Waals surface area contributed by atoms with Gasteiger partial charge in [-0.15, -0.1) is 11.3 Å². The Labute approximate surface area is 282 Å². The van der Waals surface area contributed by atoms with Crippen molar-refractivity contribution in [2.24, 2.45) is 0 Å². The molecule has 248 valence electrons. The molecule has 0 unspecified atom stereocenters. The number of anilines is 1. The molecule has 1 aliphatic heterocycles. The molecule has 5 aromatic rings. The first-order chi connectivity index (χ1) is 22.9. The van der Waals surface area contributed by atoms with Gasteiger partial charge in [0, 0.05) is 53.9 Å². The molecule has 1 aromatic carbocycles. The number of carboxylic acids is 1. The second-order valence-electron chi connectivity index (χ2n) is 11.9. The third kappa shape index (κ3) is 5.93. The monoisotopic (exact) mass is 693 g/mol. The Morgan fingerprint density at radius 1 is 1.19 bits per heavy atom. The number of halogens is 3. The van der Waals surface area contributed by atoms with E-state index in [0.717, 1.165) is 0 Å². The van der Waals surface area contributed by atoms with E-state index in [1.165, 1.54) is 42.1 Å². The molecule has 4 aromatic heterocycles. The number of alkyl halides is 2. The normalized spacial score (nSPS) is 14.2. The van der Waals surface area contributed by atoms with Crippen molar-refractivity contribution in [3.8, 4) is 22.9 Å². The zero-order valence-electron chi connectivity index (χ0n) is 26.2. The molecule has 0 saturated carbocycles. The molecule has 1 fully saturated rings. The van der Waals surface area contributed by atoms with E-state index in [9.17, 15) is 28.7 Å². The zero-order valence-corrected chi connectivity index (χ0v) is 27.8. The molecule has 1 N–H and O–H groups in total. The highest BCUT2D eigenvalue weighted by molar-refractivity contribution is 7.18. The molecule has 0 bridgehead atoms. The van der Waals surface area contributed by atoms with Crippen LogP contribution in [0.2, 0.25) is 5.02 Å². The van der Waals surface area contributed by atoms with Crippen LogP contribution < -0.4 is 15.2 Å². The summed E-state index contributed by atoms with van der Waals surface area (Å²) in [7, 11) is 0. The van der Waals surface area contributed by atoms with E-state index < -0.39 is 23.5 Å². The van der Waals surface area contributed by atoms with Crippen LogP contribution in [0.1, 0.15) is 35.6 Å². The highest BCUT2D eigenvalue weighted by Gasteiger charge is 2.38. The summed E-state index contributed by atoms with van der Waals surface area (Å²) in [5.41, 5.74) is 0.455. The number of aromatic carboxylic acids is 1. The van der Waals surface area contributed by atoms with Gasteiger partial charge in [0.1, 0.15) is 35.6 Å². The van der Waals surface area contributed by atoms with Crippen molar-refractivity contribution in [2.75, 3.05) is 37.7 Å². The Morgan fingerprint density at radius 2 is 1.94 bits per heavy atom. The van der Waals surface area contributed by atoms with Crippen molar-refractivity contribution < 1.29 is 23.4 Å². The number of aromatic nitrogens is 4. The average molecular weight is 694 g/mol. The van der Waals surface area contributed by atoms with E-state index in [-0.39, 0.29) is 35.2 Å². The molecule has 48 heavy (non-hydrogen) atoms. The Kier molecular flexibility index (Phi) is 9.04. The minimum Gasteiger partial charge on any atom is -0.491 e. The summed E-state index contributed by atoms with van der Waals surface area (Å²) in [4.78, 5) is 42.5. The number of benzene rings is 1. The van der Waals surface area contributed by atoms with Gasteiger partial charge < -0.3 is 14.7 Å². The minimum atomic E-state index is -2.51. The van der Waals surface area contributed by atoms with E-state index in [2.05, 4.69) is 21.0 Å². The lowest BCUT2D eigenvalue weighted by Crippen LogP contribution is -2.57. The van der Waals surface area contributed by atoms with Crippen molar-refractivity contribution in [2.45, 2.75) is 39.3 Å². The summed E-state index contributed by atoms with van der Waals surface area (Å²) in [6, 6.07) is 9.01. The largest absolute Gasteiger partial charge is 0.491 e. The summed E-state index contributed by atoms with van der Waals surface area (Å²) < 4.78 is 35.5. The second-order valence-corrected chi connectivity index (χ2v) is 13.2. The maximum atomic E-state index is 13.9. The highest BCUT2D eigenvalue weighted by atomic mass is 35.5. The van der Waals surface area contributed by atoms with E-state index in [1.54, 1.807) is 41.5 Å². The van der Waals surface area contributed by atoms with Crippen LogP contribution in [0.25, 0.3) is 32.2 Å². The lowest BCUT2D eigenvalue weighted by Gasteiger charge is -2.43. The quantitative estimate of drug-likeness (QED) is 0.200. The van der Waals surface area contributed by atoms with Crippen molar-refractivity contribution in [1.29, 1.82) is 5.26 Å². The number of carbonyl (C=O) groups is 1. The van der Waals surface area contributed by atoms with Crippen LogP contribution in [-0.2, 0) is 6.54 Å². The van der Waals surface area contributed by atoms with Gasteiger partial charge in [-0.05, 0) is 45.0 Å². The van der Waals surface area contributed by atoms with Crippen LogP contribution in [-0.4, -0.2) is 80.2 Å². The first kappa shape index (κ1) is 33.2. The lowest BCUT2D eigenvalue weighted by molar-refractivity contribution is -0.0348. The molecule has 0 amide bonds. The summed E-state index contributed by atoms with van der Waals surface area (Å²) in [5, 5.41) is 21.9. The Balaban J connectivity index is 1.27. The zero-order chi connectivity index (χ0) is 34.3.